The van der Waals surface area contributed by atoms with Gasteiger partial charge in [0.1, 0.15) is 5.82 Å². The molecule has 0 saturated carbocycles. The van der Waals surface area contributed by atoms with Crippen LogP contribution in [0.15, 0.2) is 12.3 Å². The molecule has 0 saturated heterocycles. The predicted octanol–water partition coefficient (Wildman–Crippen LogP) is 2.02. The van der Waals surface area contributed by atoms with Crippen molar-refractivity contribution in [2.45, 2.75) is 66.3 Å². The third-order valence-electron chi connectivity index (χ3n) is 5.05. The number of nitrogens with one attached hydrogen (secondary N) is 2. The topological polar surface area (TPSA) is 127 Å². The van der Waals surface area contributed by atoms with Gasteiger partial charge in [-0.05, 0) is 30.2 Å². The van der Waals surface area contributed by atoms with Gasteiger partial charge in [-0.2, -0.15) is 0 Å². The molecule has 2 heterocycles. The lowest BCUT2D eigenvalue weighted by Gasteiger charge is -2.24. The summed E-state index contributed by atoms with van der Waals surface area (Å²) >= 11 is 0. The smallest absolute Gasteiger partial charge is 0.407 e. The van der Waals surface area contributed by atoms with E-state index in [1.807, 2.05) is 20.8 Å². The number of ketones is 2. The largest absolute Gasteiger partial charge is 0.449 e. The summed E-state index contributed by atoms with van der Waals surface area (Å²) in [6.07, 6.45) is 2.11. The summed E-state index contributed by atoms with van der Waals surface area (Å²) in [5, 5.41) is 5.24. The molecule has 1 aliphatic rings. The van der Waals surface area contributed by atoms with Gasteiger partial charge in [0.2, 0.25) is 5.78 Å². The molecule has 0 aromatic carbocycles. The zero-order valence-electron chi connectivity index (χ0n) is 19.6. The average Bonchev–Trinajstić information content (AvgIpc) is 2.72. The molecular weight excluding hydrogens is 412 g/mol. The van der Waals surface area contributed by atoms with Crippen LogP contribution in [-0.2, 0) is 32.0 Å². The second-order valence-corrected chi connectivity index (χ2v) is 9.76. The first-order valence-electron chi connectivity index (χ1n) is 11.0. The molecule has 1 aliphatic heterocycles. The summed E-state index contributed by atoms with van der Waals surface area (Å²) in [6.45, 7) is 9.94. The lowest BCUT2D eigenvalue weighted by atomic mass is 9.88. The van der Waals surface area contributed by atoms with Crippen LogP contribution in [-0.4, -0.2) is 52.7 Å². The molecule has 2 unspecified atom stereocenters. The van der Waals surface area contributed by atoms with E-state index in [4.69, 9.17) is 4.74 Å². The molecule has 2 atom stereocenters. The normalized spacial score (nSPS) is 18.4. The molecule has 176 valence electrons. The van der Waals surface area contributed by atoms with Gasteiger partial charge in [-0.1, -0.05) is 34.6 Å². The molecule has 2 bridgehead atoms. The van der Waals surface area contributed by atoms with E-state index < -0.39 is 29.7 Å². The summed E-state index contributed by atoms with van der Waals surface area (Å²) in [6, 6.07) is 0.955. The van der Waals surface area contributed by atoms with Crippen molar-refractivity contribution in [1.82, 2.24) is 20.6 Å². The van der Waals surface area contributed by atoms with Crippen molar-refractivity contribution in [3.8, 4) is 0 Å². The van der Waals surface area contributed by atoms with E-state index >= 15 is 0 Å². The number of ether oxygens (including phenoxy) is 1. The minimum absolute atomic E-state index is 0.0745. The van der Waals surface area contributed by atoms with Crippen molar-refractivity contribution in [3.05, 3.63) is 23.8 Å². The highest BCUT2D eigenvalue weighted by molar-refractivity contribution is 6.37. The number of carbonyl (C=O) groups excluding carboxylic acids is 4. The Labute approximate surface area is 189 Å². The zero-order valence-corrected chi connectivity index (χ0v) is 19.6. The number of alkyl carbamates (subject to hydrolysis) is 1. The number of nitrogens with zero attached hydrogens (tertiary/aromatic N) is 2. The van der Waals surface area contributed by atoms with Gasteiger partial charge >= 0.3 is 6.09 Å². The maximum absolute atomic E-state index is 13.1. The van der Waals surface area contributed by atoms with E-state index in [0.29, 0.717) is 25.2 Å². The van der Waals surface area contributed by atoms with E-state index in [0.717, 1.165) is 5.69 Å². The highest BCUT2D eigenvalue weighted by atomic mass is 16.5. The predicted molar refractivity (Wildman–Crippen MR) is 118 cm³/mol. The van der Waals surface area contributed by atoms with Gasteiger partial charge in [-0.15, -0.1) is 0 Å². The van der Waals surface area contributed by atoms with E-state index in [1.165, 1.54) is 0 Å². The first-order chi connectivity index (χ1) is 15.0. The van der Waals surface area contributed by atoms with Gasteiger partial charge in [-0.3, -0.25) is 14.4 Å². The van der Waals surface area contributed by atoms with Crippen molar-refractivity contribution in [3.63, 3.8) is 0 Å². The Balaban J connectivity index is 2.16. The van der Waals surface area contributed by atoms with Crippen LogP contribution >= 0.6 is 0 Å². The molecule has 2 N–H and O–H groups in total. The number of fused-ring (bicyclic) bond motifs is 2. The van der Waals surface area contributed by atoms with Crippen molar-refractivity contribution < 1.29 is 23.9 Å². The molecule has 2 rings (SSSR count). The summed E-state index contributed by atoms with van der Waals surface area (Å²) in [5.74, 6) is -2.45. The van der Waals surface area contributed by atoms with Gasteiger partial charge < -0.3 is 15.4 Å². The molecule has 0 fully saturated rings. The fraction of sp³-hybridized carbons (Fsp3) is 0.652. The molecule has 1 aromatic rings. The van der Waals surface area contributed by atoms with E-state index in [1.54, 1.807) is 26.1 Å². The van der Waals surface area contributed by atoms with Gasteiger partial charge in [0.15, 0.2) is 5.78 Å². The molecule has 9 nitrogen and oxygen atoms in total. The number of hydrogen-bond acceptors (Lipinski definition) is 7. The number of aryl methyl sites for hydroxylation is 1. The minimum atomic E-state index is -0.913. The zero-order chi connectivity index (χ0) is 23.9. The van der Waals surface area contributed by atoms with E-state index in [-0.39, 0.29) is 36.6 Å². The third kappa shape index (κ3) is 8.01. The Bertz CT molecular complexity index is 847. The molecule has 32 heavy (non-hydrogen) atoms. The Kier molecular flexibility index (Phi) is 8.86. The Morgan fingerprint density at radius 2 is 2.00 bits per heavy atom. The van der Waals surface area contributed by atoms with Gasteiger partial charge in [0.25, 0.3) is 5.91 Å². The molecule has 0 radical (unpaired) electrons. The maximum Gasteiger partial charge on any atom is 0.407 e. The maximum atomic E-state index is 13.1. The molecule has 9 heteroatoms. The van der Waals surface area contributed by atoms with E-state index in [2.05, 4.69) is 20.6 Å². The molecule has 0 spiro atoms. The summed E-state index contributed by atoms with van der Waals surface area (Å²) in [5.41, 5.74) is 0.615. The van der Waals surface area contributed by atoms with Crippen molar-refractivity contribution in [2.24, 2.45) is 17.3 Å². The quantitative estimate of drug-likeness (QED) is 0.640. The van der Waals surface area contributed by atoms with Crippen LogP contribution in [0.25, 0.3) is 0 Å². The van der Waals surface area contributed by atoms with Crippen LogP contribution in [0.5, 0.6) is 0 Å². The minimum Gasteiger partial charge on any atom is -0.449 e. The average molecular weight is 447 g/mol. The summed E-state index contributed by atoms with van der Waals surface area (Å²) < 4.78 is 5.22. The van der Waals surface area contributed by atoms with Gasteiger partial charge in [0.05, 0.1) is 12.6 Å². The molecular formula is C23H34N4O5. The van der Waals surface area contributed by atoms with Crippen LogP contribution in [0.4, 0.5) is 4.79 Å². The second kappa shape index (κ2) is 11.2. The number of hydrogen-bond donors (Lipinski definition) is 2. The summed E-state index contributed by atoms with van der Waals surface area (Å²) in [4.78, 5) is 59.1. The van der Waals surface area contributed by atoms with Gasteiger partial charge in [-0.25, -0.2) is 14.8 Å². The SMILES string of the molecule is CC(C)C(NC(=O)OCC(C)(C)C)C(=O)CC1Cc2nccc(n2)CCCNC(=O)C1=O. The second-order valence-electron chi connectivity index (χ2n) is 9.76. The fourth-order valence-electron chi connectivity index (χ4n) is 3.34. The van der Waals surface area contributed by atoms with Crippen molar-refractivity contribution >= 4 is 23.6 Å². The third-order valence-corrected chi connectivity index (χ3v) is 5.05. The summed E-state index contributed by atoms with van der Waals surface area (Å²) in [7, 11) is 0. The highest BCUT2D eigenvalue weighted by Gasteiger charge is 2.33. The molecule has 0 aliphatic carbocycles. The Hall–Kier alpha value is -2.84. The van der Waals surface area contributed by atoms with Crippen LogP contribution < -0.4 is 10.6 Å². The number of carbonyl (C=O) groups is 4. The lowest BCUT2D eigenvalue weighted by Crippen LogP contribution is -2.47. The standard InChI is InChI=1S/C23H34N4O5/c1-14(2)19(27-22(31)32-13-23(3,4)5)17(28)11-15-12-18-24-10-8-16(26-18)7-6-9-25-21(30)20(15)29/h8,10,14-15,19H,6-7,9,11-13H2,1-5H3,(H,25,30)(H,27,31). The lowest BCUT2D eigenvalue weighted by molar-refractivity contribution is -0.141. The van der Waals surface area contributed by atoms with Crippen LogP contribution in [0.3, 0.4) is 0 Å². The first-order valence-corrected chi connectivity index (χ1v) is 11.0. The monoisotopic (exact) mass is 446 g/mol. The van der Waals surface area contributed by atoms with Crippen LogP contribution in [0, 0.1) is 17.3 Å². The fourth-order valence-corrected chi connectivity index (χ4v) is 3.34. The number of amides is 2. The Morgan fingerprint density at radius 1 is 1.28 bits per heavy atom. The van der Waals surface area contributed by atoms with Crippen LogP contribution in [0.1, 0.15) is 59.0 Å². The first kappa shape index (κ1) is 25.4. The number of Topliss-reactive ketones (excluding diaryl/α,β-unsaturated/α-hetero) is 2. The van der Waals surface area contributed by atoms with Crippen molar-refractivity contribution in [1.29, 1.82) is 0 Å². The van der Waals surface area contributed by atoms with Crippen LogP contribution in [0.2, 0.25) is 0 Å². The van der Waals surface area contributed by atoms with E-state index in [9.17, 15) is 19.2 Å². The number of rotatable bonds is 6. The van der Waals surface area contributed by atoms with Crippen molar-refractivity contribution in [2.75, 3.05) is 13.2 Å². The van der Waals surface area contributed by atoms with Gasteiger partial charge in [0, 0.05) is 37.2 Å². The number of aromatic nitrogens is 2. The molecule has 2 amide bonds. The Morgan fingerprint density at radius 3 is 2.66 bits per heavy atom. The highest BCUT2D eigenvalue weighted by Crippen LogP contribution is 2.18. The molecule has 1 aromatic heterocycles.